The Kier molecular flexibility index (Phi) is 1.99. The van der Waals surface area contributed by atoms with Gasteiger partial charge >= 0.3 is 0 Å². The highest BCUT2D eigenvalue weighted by molar-refractivity contribution is 9.10. The zero-order chi connectivity index (χ0) is 9.47. The number of ether oxygens (including phenoxy) is 2. The molecule has 0 atom stereocenters. The van der Waals surface area contributed by atoms with Gasteiger partial charge in [0.15, 0.2) is 11.5 Å². The molecule has 0 aromatic heterocycles. The lowest BCUT2D eigenvalue weighted by Crippen LogP contribution is -2.38. The first-order valence-electron chi connectivity index (χ1n) is 4.18. The fourth-order valence-corrected chi connectivity index (χ4v) is 1.60. The zero-order valence-electron chi connectivity index (χ0n) is 7.63. The van der Waals surface area contributed by atoms with Gasteiger partial charge in [0.05, 0.1) is 0 Å². The van der Waals surface area contributed by atoms with Crippen molar-refractivity contribution in [1.82, 2.24) is 0 Å². The number of halogens is 1. The van der Waals surface area contributed by atoms with Crippen LogP contribution in [0.3, 0.4) is 0 Å². The van der Waals surface area contributed by atoms with Gasteiger partial charge in [-0.1, -0.05) is 15.9 Å². The number of hydrogen-bond donors (Lipinski definition) is 0. The van der Waals surface area contributed by atoms with Gasteiger partial charge in [-0.25, -0.2) is 0 Å². The van der Waals surface area contributed by atoms with E-state index in [0.717, 1.165) is 16.0 Å². The predicted molar refractivity (Wildman–Crippen MR) is 54.3 cm³/mol. The van der Waals surface area contributed by atoms with Gasteiger partial charge in [-0.15, -0.1) is 0 Å². The highest BCUT2D eigenvalue weighted by Gasteiger charge is 2.27. The van der Waals surface area contributed by atoms with Crippen molar-refractivity contribution in [3.05, 3.63) is 22.7 Å². The van der Waals surface area contributed by atoms with Crippen molar-refractivity contribution in [3.63, 3.8) is 0 Å². The number of rotatable bonds is 0. The van der Waals surface area contributed by atoms with Gasteiger partial charge < -0.3 is 9.47 Å². The molecular weight excluding hydrogens is 232 g/mol. The molecule has 0 spiro atoms. The number of benzene rings is 1. The van der Waals surface area contributed by atoms with Crippen LogP contribution >= 0.6 is 15.9 Å². The van der Waals surface area contributed by atoms with Gasteiger partial charge in [0.2, 0.25) is 0 Å². The number of fused-ring (bicyclic) bond motifs is 1. The van der Waals surface area contributed by atoms with Crippen molar-refractivity contribution >= 4 is 15.9 Å². The first-order valence-corrected chi connectivity index (χ1v) is 4.97. The van der Waals surface area contributed by atoms with Crippen LogP contribution in [0.4, 0.5) is 0 Å². The summed E-state index contributed by atoms with van der Waals surface area (Å²) >= 11 is 3.39. The monoisotopic (exact) mass is 242 g/mol. The van der Waals surface area contributed by atoms with Gasteiger partial charge in [0.25, 0.3) is 0 Å². The summed E-state index contributed by atoms with van der Waals surface area (Å²) in [7, 11) is 0. The molecule has 1 aromatic carbocycles. The van der Waals surface area contributed by atoms with Crippen LogP contribution < -0.4 is 9.47 Å². The Balaban J connectivity index is 2.38. The molecule has 0 saturated carbocycles. The highest BCUT2D eigenvalue weighted by Crippen LogP contribution is 2.36. The summed E-state index contributed by atoms with van der Waals surface area (Å²) in [5, 5.41) is 0. The van der Waals surface area contributed by atoms with Crippen LogP contribution in [-0.4, -0.2) is 12.2 Å². The van der Waals surface area contributed by atoms with Gasteiger partial charge in [-0.2, -0.15) is 0 Å². The zero-order valence-corrected chi connectivity index (χ0v) is 9.22. The quantitative estimate of drug-likeness (QED) is 0.697. The summed E-state index contributed by atoms with van der Waals surface area (Å²) in [5.74, 6) is 1.63. The Morgan fingerprint density at radius 3 is 2.85 bits per heavy atom. The standard InChI is InChI=1S/C10H11BrO2/c1-10(2)6-12-8-4-3-7(11)5-9(8)13-10/h3-5H,6H2,1-2H3. The van der Waals surface area contributed by atoms with Crippen LogP contribution in [0.2, 0.25) is 0 Å². The van der Waals surface area contributed by atoms with Crippen molar-refractivity contribution < 1.29 is 9.47 Å². The lowest BCUT2D eigenvalue weighted by atomic mass is 10.1. The van der Waals surface area contributed by atoms with Gasteiger partial charge in [0.1, 0.15) is 12.2 Å². The predicted octanol–water partition coefficient (Wildman–Crippen LogP) is 3.00. The molecule has 1 aliphatic rings. The molecule has 0 bridgehead atoms. The van der Waals surface area contributed by atoms with Crippen molar-refractivity contribution in [2.45, 2.75) is 19.4 Å². The van der Waals surface area contributed by atoms with Crippen molar-refractivity contribution in [1.29, 1.82) is 0 Å². The van der Waals surface area contributed by atoms with Crippen LogP contribution in [0.25, 0.3) is 0 Å². The Labute approximate surface area is 86.0 Å². The molecule has 1 aliphatic heterocycles. The van der Waals surface area contributed by atoms with Crippen LogP contribution in [-0.2, 0) is 0 Å². The van der Waals surface area contributed by atoms with E-state index in [1.807, 2.05) is 32.0 Å². The van der Waals surface area contributed by atoms with Crippen molar-refractivity contribution in [3.8, 4) is 11.5 Å². The molecule has 0 fully saturated rings. The van der Waals surface area contributed by atoms with Gasteiger partial charge in [0, 0.05) is 4.47 Å². The Morgan fingerprint density at radius 1 is 1.31 bits per heavy atom. The molecule has 0 aliphatic carbocycles. The Hall–Kier alpha value is -0.700. The van der Waals surface area contributed by atoms with E-state index < -0.39 is 0 Å². The average Bonchev–Trinajstić information content (AvgIpc) is 2.01. The largest absolute Gasteiger partial charge is 0.486 e. The Bertz CT molecular complexity index is 334. The maximum atomic E-state index is 5.75. The molecule has 13 heavy (non-hydrogen) atoms. The third kappa shape index (κ3) is 1.80. The molecule has 2 rings (SSSR count). The van der Waals surface area contributed by atoms with E-state index in [1.165, 1.54) is 0 Å². The minimum Gasteiger partial charge on any atom is -0.486 e. The lowest BCUT2D eigenvalue weighted by Gasteiger charge is -2.32. The molecule has 2 nitrogen and oxygen atoms in total. The minimum absolute atomic E-state index is 0.228. The van der Waals surface area contributed by atoms with Crippen LogP contribution in [0, 0.1) is 0 Å². The van der Waals surface area contributed by atoms with Crippen molar-refractivity contribution in [2.75, 3.05) is 6.61 Å². The molecule has 0 amide bonds. The first kappa shape index (κ1) is 8.88. The first-order chi connectivity index (χ1) is 6.07. The third-order valence-corrected chi connectivity index (χ3v) is 2.36. The average molecular weight is 243 g/mol. The lowest BCUT2D eigenvalue weighted by molar-refractivity contribution is 0.0212. The summed E-state index contributed by atoms with van der Waals surface area (Å²) in [6.45, 7) is 4.62. The maximum absolute atomic E-state index is 5.75. The second kappa shape index (κ2) is 2.91. The molecule has 0 saturated heterocycles. The van der Waals surface area contributed by atoms with E-state index in [2.05, 4.69) is 15.9 Å². The molecular formula is C10H11BrO2. The van der Waals surface area contributed by atoms with E-state index in [1.54, 1.807) is 0 Å². The van der Waals surface area contributed by atoms with Crippen LogP contribution in [0.5, 0.6) is 11.5 Å². The summed E-state index contributed by atoms with van der Waals surface area (Å²) in [4.78, 5) is 0. The molecule has 0 radical (unpaired) electrons. The fourth-order valence-electron chi connectivity index (χ4n) is 1.26. The van der Waals surface area contributed by atoms with E-state index in [4.69, 9.17) is 9.47 Å². The topological polar surface area (TPSA) is 18.5 Å². The summed E-state index contributed by atoms with van der Waals surface area (Å²) in [6.07, 6.45) is 0. The van der Waals surface area contributed by atoms with E-state index >= 15 is 0 Å². The highest BCUT2D eigenvalue weighted by atomic mass is 79.9. The molecule has 0 unspecified atom stereocenters. The van der Waals surface area contributed by atoms with E-state index in [0.29, 0.717) is 6.61 Å². The van der Waals surface area contributed by atoms with Gasteiger partial charge in [-0.3, -0.25) is 0 Å². The molecule has 1 aromatic rings. The van der Waals surface area contributed by atoms with E-state index in [9.17, 15) is 0 Å². The number of hydrogen-bond acceptors (Lipinski definition) is 2. The van der Waals surface area contributed by atoms with Crippen LogP contribution in [0.1, 0.15) is 13.8 Å². The molecule has 1 heterocycles. The third-order valence-electron chi connectivity index (χ3n) is 1.87. The Morgan fingerprint density at radius 2 is 2.08 bits per heavy atom. The molecule has 70 valence electrons. The molecule has 3 heteroatoms. The van der Waals surface area contributed by atoms with E-state index in [-0.39, 0.29) is 5.60 Å². The second-order valence-electron chi connectivity index (χ2n) is 3.74. The fraction of sp³-hybridized carbons (Fsp3) is 0.400. The minimum atomic E-state index is -0.228. The molecule has 0 N–H and O–H groups in total. The van der Waals surface area contributed by atoms with Crippen molar-refractivity contribution in [2.24, 2.45) is 0 Å². The smallest absolute Gasteiger partial charge is 0.163 e. The maximum Gasteiger partial charge on any atom is 0.163 e. The normalized spacial score (nSPS) is 18.4. The van der Waals surface area contributed by atoms with Gasteiger partial charge in [-0.05, 0) is 32.0 Å². The van der Waals surface area contributed by atoms with Crippen LogP contribution in [0.15, 0.2) is 22.7 Å². The summed E-state index contributed by atoms with van der Waals surface area (Å²) < 4.78 is 12.3. The SMILES string of the molecule is CC1(C)COc2ccc(Br)cc2O1. The second-order valence-corrected chi connectivity index (χ2v) is 4.66. The summed E-state index contributed by atoms with van der Waals surface area (Å²) in [6, 6.07) is 5.78. The summed E-state index contributed by atoms with van der Waals surface area (Å²) in [5.41, 5.74) is -0.228.